The van der Waals surface area contributed by atoms with Gasteiger partial charge in [-0.2, -0.15) is 0 Å². The van der Waals surface area contributed by atoms with E-state index in [9.17, 15) is 4.79 Å². The Morgan fingerprint density at radius 1 is 1.18 bits per heavy atom. The predicted molar refractivity (Wildman–Crippen MR) is 45.1 cm³/mol. The highest BCUT2D eigenvalue weighted by Crippen LogP contribution is 1.98. The molecule has 0 heterocycles. The second kappa shape index (κ2) is 4.26. The Morgan fingerprint density at radius 2 is 1.91 bits per heavy atom. The van der Waals surface area contributed by atoms with Crippen LogP contribution in [0.1, 0.15) is 5.56 Å². The van der Waals surface area contributed by atoms with Crippen molar-refractivity contribution in [3.63, 3.8) is 0 Å². The highest BCUT2D eigenvalue weighted by molar-refractivity contribution is 5.66. The van der Waals surface area contributed by atoms with E-state index >= 15 is 0 Å². The molecule has 1 rings (SSSR count). The lowest BCUT2D eigenvalue weighted by Crippen LogP contribution is -1.65. The van der Waals surface area contributed by atoms with Crippen LogP contribution in [-0.4, -0.2) is 6.29 Å². The average Bonchev–Trinajstić information content (AvgIpc) is 2.07. The minimum atomic E-state index is 0.708. The van der Waals surface area contributed by atoms with E-state index in [0.29, 0.717) is 6.29 Å². The molecule has 1 aromatic carbocycles. The lowest BCUT2D eigenvalue weighted by atomic mass is 10.2. The number of benzene rings is 1. The summed E-state index contributed by atoms with van der Waals surface area (Å²) in [4.78, 5) is 9.86. The van der Waals surface area contributed by atoms with E-state index in [0.717, 1.165) is 5.56 Å². The smallest absolute Gasteiger partial charge is 0.150 e. The summed E-state index contributed by atoms with van der Waals surface area (Å²) in [5.74, 6) is 0. The second-order valence-corrected chi connectivity index (χ2v) is 2.02. The minimum Gasteiger partial charge on any atom is -0.298 e. The van der Waals surface area contributed by atoms with Crippen LogP contribution in [0, 0.1) is 0 Å². The van der Waals surface area contributed by atoms with Gasteiger partial charge in [-0.15, -0.1) is 5.73 Å². The quantitative estimate of drug-likeness (QED) is 0.352. The summed E-state index contributed by atoms with van der Waals surface area (Å²) >= 11 is 0. The lowest BCUT2D eigenvalue weighted by molar-refractivity contribution is -0.104. The molecule has 0 N–H and O–H groups in total. The first-order chi connectivity index (χ1) is 5.43. The molecule has 0 radical (unpaired) electrons. The number of aldehydes is 1. The summed E-state index contributed by atoms with van der Waals surface area (Å²) in [7, 11) is 0. The molecule has 1 aromatic rings. The van der Waals surface area contributed by atoms with Crippen LogP contribution in [0.15, 0.2) is 42.1 Å². The van der Waals surface area contributed by atoms with Gasteiger partial charge in [0.15, 0.2) is 6.29 Å². The van der Waals surface area contributed by atoms with Gasteiger partial charge < -0.3 is 0 Å². The molecule has 54 valence electrons. The van der Waals surface area contributed by atoms with Gasteiger partial charge in [-0.25, -0.2) is 0 Å². The van der Waals surface area contributed by atoms with Crippen LogP contribution < -0.4 is 0 Å². The van der Waals surface area contributed by atoms with E-state index in [2.05, 4.69) is 5.73 Å². The Balaban J connectivity index is 2.80. The third kappa shape index (κ3) is 2.65. The van der Waals surface area contributed by atoms with E-state index in [4.69, 9.17) is 0 Å². The molecule has 0 bridgehead atoms. The molecule has 0 saturated carbocycles. The summed E-state index contributed by atoms with van der Waals surface area (Å²) in [6, 6.07) is 9.72. The SMILES string of the molecule is O=CC=C=Cc1ccccc1. The van der Waals surface area contributed by atoms with Crippen LogP contribution in [0.4, 0.5) is 0 Å². The van der Waals surface area contributed by atoms with Crippen molar-refractivity contribution in [2.75, 3.05) is 0 Å². The first kappa shape index (κ1) is 7.52. The highest BCUT2D eigenvalue weighted by atomic mass is 16.1. The fourth-order valence-electron chi connectivity index (χ4n) is 0.733. The Morgan fingerprint density at radius 3 is 2.55 bits per heavy atom. The van der Waals surface area contributed by atoms with Gasteiger partial charge in [0.25, 0.3) is 0 Å². The number of hydrogen-bond donors (Lipinski definition) is 0. The molecule has 0 amide bonds. The Labute approximate surface area is 65.7 Å². The largest absolute Gasteiger partial charge is 0.298 e. The highest BCUT2D eigenvalue weighted by Gasteiger charge is 1.78. The van der Waals surface area contributed by atoms with Gasteiger partial charge >= 0.3 is 0 Å². The third-order valence-corrected chi connectivity index (χ3v) is 1.21. The van der Waals surface area contributed by atoms with Gasteiger partial charge in [0.05, 0.1) is 0 Å². The van der Waals surface area contributed by atoms with E-state index in [1.807, 2.05) is 30.3 Å². The van der Waals surface area contributed by atoms with Crippen molar-refractivity contribution in [1.82, 2.24) is 0 Å². The maximum atomic E-state index is 9.86. The first-order valence-corrected chi connectivity index (χ1v) is 3.35. The molecular formula is C10H8O. The molecule has 0 unspecified atom stereocenters. The number of carbonyl (C=O) groups is 1. The lowest BCUT2D eigenvalue weighted by Gasteiger charge is -1.85. The average molecular weight is 144 g/mol. The van der Waals surface area contributed by atoms with Crippen LogP contribution in [0.2, 0.25) is 0 Å². The zero-order valence-corrected chi connectivity index (χ0v) is 6.03. The molecular weight excluding hydrogens is 136 g/mol. The number of carbonyl (C=O) groups excluding carboxylic acids is 1. The van der Waals surface area contributed by atoms with Crippen LogP contribution in [-0.2, 0) is 4.79 Å². The van der Waals surface area contributed by atoms with Gasteiger partial charge in [0.2, 0.25) is 0 Å². The van der Waals surface area contributed by atoms with Crippen molar-refractivity contribution in [2.24, 2.45) is 0 Å². The normalized spacial score (nSPS) is 8.00. The van der Waals surface area contributed by atoms with E-state index < -0.39 is 0 Å². The van der Waals surface area contributed by atoms with Crippen LogP contribution >= 0.6 is 0 Å². The molecule has 0 aliphatic heterocycles. The van der Waals surface area contributed by atoms with Crippen LogP contribution in [0.3, 0.4) is 0 Å². The summed E-state index contributed by atoms with van der Waals surface area (Å²) in [5, 5.41) is 0. The molecule has 0 spiro atoms. The minimum absolute atomic E-state index is 0.708. The molecule has 0 atom stereocenters. The molecule has 0 aliphatic carbocycles. The summed E-state index contributed by atoms with van der Waals surface area (Å²) < 4.78 is 0. The first-order valence-electron chi connectivity index (χ1n) is 3.35. The van der Waals surface area contributed by atoms with Gasteiger partial charge in [-0.3, -0.25) is 4.79 Å². The molecule has 1 heteroatoms. The zero-order valence-electron chi connectivity index (χ0n) is 6.03. The van der Waals surface area contributed by atoms with E-state index in [1.165, 1.54) is 6.08 Å². The van der Waals surface area contributed by atoms with Crippen molar-refractivity contribution in [2.45, 2.75) is 0 Å². The topological polar surface area (TPSA) is 17.1 Å². The zero-order chi connectivity index (χ0) is 7.94. The fourth-order valence-corrected chi connectivity index (χ4v) is 0.733. The molecule has 0 aliphatic rings. The number of allylic oxidation sites excluding steroid dienone is 1. The van der Waals surface area contributed by atoms with Gasteiger partial charge in [0.1, 0.15) is 0 Å². The second-order valence-electron chi connectivity index (χ2n) is 2.02. The van der Waals surface area contributed by atoms with Gasteiger partial charge in [-0.1, -0.05) is 30.3 Å². The summed E-state index contributed by atoms with van der Waals surface area (Å²) in [6.45, 7) is 0. The Hall–Kier alpha value is -1.59. The van der Waals surface area contributed by atoms with Crippen molar-refractivity contribution < 1.29 is 4.79 Å². The third-order valence-electron chi connectivity index (χ3n) is 1.21. The maximum absolute atomic E-state index is 9.86. The van der Waals surface area contributed by atoms with Crippen LogP contribution in [0.25, 0.3) is 6.08 Å². The summed E-state index contributed by atoms with van der Waals surface area (Å²) in [6.07, 6.45) is 3.81. The number of hydrogen-bond acceptors (Lipinski definition) is 1. The van der Waals surface area contributed by atoms with Crippen molar-refractivity contribution in [3.8, 4) is 0 Å². The Bertz CT molecular complexity index is 279. The molecule has 11 heavy (non-hydrogen) atoms. The maximum Gasteiger partial charge on any atom is 0.150 e. The molecule has 0 saturated heterocycles. The predicted octanol–water partition coefficient (Wildman–Crippen LogP) is 2.05. The van der Waals surface area contributed by atoms with Crippen molar-refractivity contribution in [1.29, 1.82) is 0 Å². The van der Waals surface area contributed by atoms with Gasteiger partial charge in [-0.05, 0) is 11.6 Å². The molecule has 0 aromatic heterocycles. The van der Waals surface area contributed by atoms with Crippen LogP contribution in [0.5, 0.6) is 0 Å². The van der Waals surface area contributed by atoms with Crippen molar-refractivity contribution >= 4 is 12.4 Å². The fraction of sp³-hybridized carbons (Fsp3) is 0. The monoisotopic (exact) mass is 144 g/mol. The standard InChI is InChI=1S/C10H8O/c11-9-5-4-8-10-6-2-1-3-7-10/h1-3,5-9H. The van der Waals surface area contributed by atoms with Crippen molar-refractivity contribution in [3.05, 3.63) is 47.7 Å². The molecule has 0 fully saturated rings. The molecule has 1 nitrogen and oxygen atoms in total. The van der Waals surface area contributed by atoms with Gasteiger partial charge in [0, 0.05) is 6.08 Å². The van der Waals surface area contributed by atoms with E-state index in [-0.39, 0.29) is 0 Å². The number of rotatable bonds is 2. The summed E-state index contributed by atoms with van der Waals surface area (Å²) in [5.41, 5.74) is 3.78. The Kier molecular flexibility index (Phi) is 2.91. The van der Waals surface area contributed by atoms with E-state index in [1.54, 1.807) is 6.08 Å².